The van der Waals surface area contributed by atoms with Crippen molar-refractivity contribution < 1.29 is 13.9 Å². The molecule has 0 aromatic heterocycles. The Morgan fingerprint density at radius 3 is 2.53 bits per heavy atom. The second kappa shape index (κ2) is 4.03. The highest BCUT2D eigenvalue weighted by Crippen LogP contribution is 2.43. The predicted molar refractivity (Wildman–Crippen MR) is 68.5 cm³/mol. The van der Waals surface area contributed by atoms with Gasteiger partial charge in [-0.05, 0) is 48.2 Å². The minimum Gasteiger partial charge on any atom is -0.399 e. The summed E-state index contributed by atoms with van der Waals surface area (Å²) in [5.74, 6) is -1.38. The fraction of sp³-hybridized carbons (Fsp3) is 0.200. The molecule has 19 heavy (non-hydrogen) atoms. The smallest absolute Gasteiger partial charge is 0.132 e. The van der Waals surface area contributed by atoms with Crippen LogP contribution in [-0.4, -0.2) is 5.11 Å². The molecule has 0 amide bonds. The molecule has 3 rings (SSSR count). The minimum absolute atomic E-state index is 0.109. The largest absolute Gasteiger partial charge is 0.399 e. The standard InChI is InChI=1S/C15H13F2NO/c16-10-1-3-13(14(17)8-10)15(19)6-5-9-7-11(18)2-4-12(9)15/h1-4,7-8,19H,5-6,18H2. The SMILES string of the molecule is Nc1ccc2c(c1)CCC2(O)c1ccc(F)cc1F. The van der Waals surface area contributed by atoms with Crippen molar-refractivity contribution in [1.82, 2.24) is 0 Å². The van der Waals surface area contributed by atoms with Gasteiger partial charge in [-0.15, -0.1) is 0 Å². The van der Waals surface area contributed by atoms with Crippen molar-refractivity contribution in [1.29, 1.82) is 0 Å². The molecule has 0 saturated carbocycles. The third kappa shape index (κ3) is 1.79. The zero-order valence-corrected chi connectivity index (χ0v) is 10.2. The first kappa shape index (κ1) is 12.1. The van der Waals surface area contributed by atoms with Crippen LogP contribution in [0.5, 0.6) is 0 Å². The van der Waals surface area contributed by atoms with E-state index in [9.17, 15) is 13.9 Å². The Morgan fingerprint density at radius 1 is 1.05 bits per heavy atom. The van der Waals surface area contributed by atoms with E-state index < -0.39 is 17.2 Å². The fourth-order valence-corrected chi connectivity index (χ4v) is 2.78. The van der Waals surface area contributed by atoms with Crippen molar-refractivity contribution in [2.75, 3.05) is 5.73 Å². The molecule has 0 saturated heterocycles. The van der Waals surface area contributed by atoms with Gasteiger partial charge in [-0.2, -0.15) is 0 Å². The van der Waals surface area contributed by atoms with Crippen LogP contribution >= 0.6 is 0 Å². The summed E-state index contributed by atoms with van der Waals surface area (Å²) in [7, 11) is 0. The Labute approximate surface area is 109 Å². The van der Waals surface area contributed by atoms with Gasteiger partial charge in [0.05, 0.1) is 0 Å². The van der Waals surface area contributed by atoms with Gasteiger partial charge in [-0.1, -0.05) is 6.07 Å². The number of hydrogen-bond donors (Lipinski definition) is 2. The summed E-state index contributed by atoms with van der Waals surface area (Å²) in [6.45, 7) is 0. The number of aryl methyl sites for hydroxylation is 1. The Kier molecular flexibility index (Phi) is 2.57. The number of halogens is 2. The Hall–Kier alpha value is -1.94. The van der Waals surface area contributed by atoms with Gasteiger partial charge in [0.15, 0.2) is 0 Å². The Morgan fingerprint density at radius 2 is 1.79 bits per heavy atom. The normalized spacial score (nSPS) is 21.4. The van der Waals surface area contributed by atoms with Crippen molar-refractivity contribution in [3.8, 4) is 0 Å². The third-order valence-electron chi connectivity index (χ3n) is 3.71. The van der Waals surface area contributed by atoms with Crippen LogP contribution < -0.4 is 5.73 Å². The average Bonchev–Trinajstić information content (AvgIpc) is 2.67. The van der Waals surface area contributed by atoms with Gasteiger partial charge < -0.3 is 10.8 Å². The van der Waals surface area contributed by atoms with Crippen molar-refractivity contribution in [2.45, 2.75) is 18.4 Å². The lowest BCUT2D eigenvalue weighted by atomic mass is 9.87. The lowest BCUT2D eigenvalue weighted by Gasteiger charge is -2.25. The van der Waals surface area contributed by atoms with Gasteiger partial charge in [0.25, 0.3) is 0 Å². The van der Waals surface area contributed by atoms with Crippen LogP contribution in [0.1, 0.15) is 23.1 Å². The number of nitrogens with two attached hydrogens (primary N) is 1. The molecule has 0 fully saturated rings. The van der Waals surface area contributed by atoms with E-state index in [1.54, 1.807) is 18.2 Å². The Balaban J connectivity index is 2.16. The molecule has 2 aromatic carbocycles. The minimum atomic E-state index is -1.40. The molecule has 0 bridgehead atoms. The van der Waals surface area contributed by atoms with Gasteiger partial charge in [-0.25, -0.2) is 8.78 Å². The summed E-state index contributed by atoms with van der Waals surface area (Å²) >= 11 is 0. The molecule has 1 atom stereocenters. The third-order valence-corrected chi connectivity index (χ3v) is 3.71. The quantitative estimate of drug-likeness (QED) is 0.775. The van der Waals surface area contributed by atoms with Crippen molar-refractivity contribution in [3.63, 3.8) is 0 Å². The van der Waals surface area contributed by atoms with E-state index in [1.165, 1.54) is 6.07 Å². The number of hydrogen-bond acceptors (Lipinski definition) is 2. The molecule has 2 aromatic rings. The van der Waals surface area contributed by atoms with Crippen LogP contribution in [0.25, 0.3) is 0 Å². The number of rotatable bonds is 1. The van der Waals surface area contributed by atoms with E-state index in [0.29, 0.717) is 24.1 Å². The number of benzene rings is 2. The highest BCUT2D eigenvalue weighted by atomic mass is 19.1. The van der Waals surface area contributed by atoms with Gasteiger partial charge in [0.1, 0.15) is 17.2 Å². The van der Waals surface area contributed by atoms with E-state index in [4.69, 9.17) is 5.73 Å². The maximum atomic E-state index is 13.9. The second-order valence-corrected chi connectivity index (χ2v) is 4.90. The first-order valence-electron chi connectivity index (χ1n) is 6.07. The number of fused-ring (bicyclic) bond motifs is 1. The summed E-state index contributed by atoms with van der Waals surface area (Å²) in [6, 6.07) is 8.43. The van der Waals surface area contributed by atoms with Gasteiger partial charge in [0, 0.05) is 17.3 Å². The molecular weight excluding hydrogens is 248 g/mol. The molecule has 3 N–H and O–H groups in total. The highest BCUT2D eigenvalue weighted by molar-refractivity contribution is 5.52. The van der Waals surface area contributed by atoms with Crippen LogP contribution in [0.3, 0.4) is 0 Å². The molecule has 98 valence electrons. The molecule has 0 radical (unpaired) electrons. The van der Waals surface area contributed by atoms with E-state index >= 15 is 0 Å². The van der Waals surface area contributed by atoms with Crippen molar-refractivity contribution in [3.05, 3.63) is 64.7 Å². The fourth-order valence-electron chi connectivity index (χ4n) is 2.78. The molecule has 1 unspecified atom stereocenters. The summed E-state index contributed by atoms with van der Waals surface area (Å²) < 4.78 is 26.9. The van der Waals surface area contributed by atoms with Gasteiger partial charge in [0.2, 0.25) is 0 Å². The zero-order valence-electron chi connectivity index (χ0n) is 10.2. The van der Waals surface area contributed by atoms with Gasteiger partial charge in [-0.3, -0.25) is 0 Å². The molecule has 2 nitrogen and oxygen atoms in total. The number of anilines is 1. The zero-order chi connectivity index (χ0) is 13.6. The monoisotopic (exact) mass is 261 g/mol. The summed E-state index contributed by atoms with van der Waals surface area (Å²) in [4.78, 5) is 0. The number of aliphatic hydroxyl groups is 1. The first-order chi connectivity index (χ1) is 9.00. The first-order valence-corrected chi connectivity index (χ1v) is 6.07. The molecule has 0 aliphatic heterocycles. The van der Waals surface area contributed by atoms with E-state index in [1.807, 2.05) is 0 Å². The lowest BCUT2D eigenvalue weighted by molar-refractivity contribution is 0.0788. The van der Waals surface area contributed by atoms with Crippen LogP contribution in [0.15, 0.2) is 36.4 Å². The molecule has 1 aliphatic carbocycles. The van der Waals surface area contributed by atoms with Crippen LogP contribution in [0.4, 0.5) is 14.5 Å². The van der Waals surface area contributed by atoms with Crippen molar-refractivity contribution >= 4 is 5.69 Å². The van der Waals surface area contributed by atoms with Crippen molar-refractivity contribution in [2.24, 2.45) is 0 Å². The predicted octanol–water partition coefficient (Wildman–Crippen LogP) is 2.73. The van der Waals surface area contributed by atoms with E-state index in [-0.39, 0.29) is 5.56 Å². The lowest BCUT2D eigenvalue weighted by Crippen LogP contribution is -2.25. The average molecular weight is 261 g/mol. The molecule has 0 heterocycles. The molecular formula is C15H13F2NO. The maximum absolute atomic E-state index is 13.9. The molecule has 0 spiro atoms. The van der Waals surface area contributed by atoms with E-state index in [0.717, 1.165) is 17.7 Å². The highest BCUT2D eigenvalue weighted by Gasteiger charge is 2.40. The second-order valence-electron chi connectivity index (χ2n) is 4.90. The summed E-state index contributed by atoms with van der Waals surface area (Å²) in [5, 5.41) is 10.8. The van der Waals surface area contributed by atoms with Crippen LogP contribution in [0, 0.1) is 11.6 Å². The Bertz CT molecular complexity index is 657. The van der Waals surface area contributed by atoms with E-state index in [2.05, 4.69) is 0 Å². The van der Waals surface area contributed by atoms with Gasteiger partial charge >= 0.3 is 0 Å². The van der Waals surface area contributed by atoms with Crippen LogP contribution in [-0.2, 0) is 12.0 Å². The summed E-state index contributed by atoms with van der Waals surface area (Å²) in [5.41, 5.74) is 6.58. The van der Waals surface area contributed by atoms with Crippen LogP contribution in [0.2, 0.25) is 0 Å². The maximum Gasteiger partial charge on any atom is 0.132 e. The molecule has 4 heteroatoms. The number of nitrogen functional groups attached to an aromatic ring is 1. The summed E-state index contributed by atoms with van der Waals surface area (Å²) in [6.07, 6.45) is 0.988. The topological polar surface area (TPSA) is 46.2 Å². The molecule has 1 aliphatic rings.